The van der Waals surface area contributed by atoms with Crippen LogP contribution in [0.2, 0.25) is 0 Å². The first kappa shape index (κ1) is 14.0. The highest BCUT2D eigenvalue weighted by Crippen LogP contribution is 2.54. The maximum Gasteiger partial charge on any atom is 0.119 e. The van der Waals surface area contributed by atoms with Gasteiger partial charge in [-0.25, -0.2) is 0 Å². The van der Waals surface area contributed by atoms with E-state index in [0.29, 0.717) is 23.0 Å². The van der Waals surface area contributed by atoms with Gasteiger partial charge in [0.2, 0.25) is 0 Å². The van der Waals surface area contributed by atoms with Crippen molar-refractivity contribution in [3.63, 3.8) is 0 Å². The molecule has 0 amide bonds. The smallest absolute Gasteiger partial charge is 0.119 e. The summed E-state index contributed by atoms with van der Waals surface area (Å²) in [6.45, 7) is 9.21. The largest absolute Gasteiger partial charge is 0.508 e. The Labute approximate surface area is 123 Å². The van der Waals surface area contributed by atoms with Crippen LogP contribution in [0.25, 0.3) is 0 Å². The van der Waals surface area contributed by atoms with E-state index in [9.17, 15) is 5.11 Å². The fourth-order valence-electron chi connectivity index (χ4n) is 4.68. The van der Waals surface area contributed by atoms with E-state index in [1.54, 1.807) is 0 Å². The van der Waals surface area contributed by atoms with E-state index >= 15 is 0 Å². The van der Waals surface area contributed by atoms with Crippen LogP contribution in [-0.2, 0) is 6.42 Å². The van der Waals surface area contributed by atoms with Gasteiger partial charge in [0, 0.05) is 0 Å². The molecule has 1 nitrogen and oxygen atoms in total. The van der Waals surface area contributed by atoms with Crippen LogP contribution in [0.15, 0.2) is 12.1 Å². The fourth-order valence-corrected chi connectivity index (χ4v) is 4.68. The van der Waals surface area contributed by atoms with E-state index in [1.807, 2.05) is 0 Å². The SMILES string of the molecule is CC(C)c1cc2c(cc1O)[C@H]1CCCC(C)(C)C1CC2. The van der Waals surface area contributed by atoms with Crippen LogP contribution in [0.1, 0.15) is 81.9 Å². The van der Waals surface area contributed by atoms with Crippen LogP contribution >= 0.6 is 0 Å². The highest BCUT2D eigenvalue weighted by atomic mass is 16.3. The molecular weight excluding hydrogens is 244 g/mol. The Hall–Kier alpha value is -0.980. The Kier molecular flexibility index (Phi) is 3.35. The Balaban J connectivity index is 2.03. The molecule has 0 radical (unpaired) electrons. The second-order valence-electron chi connectivity index (χ2n) is 7.90. The van der Waals surface area contributed by atoms with Crippen molar-refractivity contribution >= 4 is 0 Å². The van der Waals surface area contributed by atoms with Gasteiger partial charge in [0.15, 0.2) is 0 Å². The molecule has 2 aliphatic rings. The first-order chi connectivity index (χ1) is 9.40. The molecule has 1 fully saturated rings. The Morgan fingerprint density at radius 2 is 1.95 bits per heavy atom. The van der Waals surface area contributed by atoms with E-state index in [1.165, 1.54) is 43.2 Å². The fraction of sp³-hybridized carbons (Fsp3) is 0.684. The third kappa shape index (κ3) is 2.16. The molecule has 110 valence electrons. The number of phenolic OH excluding ortho intramolecular Hbond substituents is 1. The van der Waals surface area contributed by atoms with Gasteiger partial charge in [0.1, 0.15) is 5.75 Å². The van der Waals surface area contributed by atoms with Crippen molar-refractivity contribution in [2.24, 2.45) is 11.3 Å². The summed E-state index contributed by atoms with van der Waals surface area (Å²) in [5.74, 6) is 2.39. The monoisotopic (exact) mass is 272 g/mol. The van der Waals surface area contributed by atoms with Crippen LogP contribution in [0.4, 0.5) is 0 Å². The molecule has 1 unspecified atom stereocenters. The van der Waals surface area contributed by atoms with Crippen LogP contribution in [0.5, 0.6) is 5.75 Å². The number of rotatable bonds is 1. The van der Waals surface area contributed by atoms with E-state index in [4.69, 9.17) is 0 Å². The predicted octanol–water partition coefficient (Wildman–Crippen LogP) is 5.37. The van der Waals surface area contributed by atoms with Crippen molar-refractivity contribution in [2.75, 3.05) is 0 Å². The summed E-state index contributed by atoms with van der Waals surface area (Å²) in [6.07, 6.45) is 6.52. The normalized spacial score (nSPS) is 28.1. The number of phenols is 1. The zero-order valence-corrected chi connectivity index (χ0v) is 13.4. The molecular formula is C19H28O. The predicted molar refractivity (Wildman–Crippen MR) is 84.4 cm³/mol. The molecule has 1 saturated carbocycles. The second kappa shape index (κ2) is 4.79. The number of aromatic hydroxyl groups is 1. The van der Waals surface area contributed by atoms with Crippen molar-refractivity contribution in [2.45, 2.75) is 71.6 Å². The molecule has 1 N–H and O–H groups in total. The summed E-state index contributed by atoms with van der Waals surface area (Å²) in [5, 5.41) is 10.4. The van der Waals surface area contributed by atoms with Crippen LogP contribution in [0, 0.1) is 11.3 Å². The lowest BCUT2D eigenvalue weighted by molar-refractivity contribution is 0.0970. The Morgan fingerprint density at radius 3 is 2.65 bits per heavy atom. The lowest BCUT2D eigenvalue weighted by atomic mass is 9.57. The van der Waals surface area contributed by atoms with E-state index < -0.39 is 0 Å². The molecule has 3 rings (SSSR count). The average molecular weight is 272 g/mol. The summed E-state index contributed by atoms with van der Waals surface area (Å²) in [4.78, 5) is 0. The van der Waals surface area contributed by atoms with Gasteiger partial charge in [-0.15, -0.1) is 0 Å². The van der Waals surface area contributed by atoms with Gasteiger partial charge < -0.3 is 5.11 Å². The van der Waals surface area contributed by atoms with Crippen LogP contribution < -0.4 is 0 Å². The lowest BCUT2D eigenvalue weighted by Crippen LogP contribution is -2.36. The first-order valence-electron chi connectivity index (χ1n) is 8.26. The third-order valence-electron chi connectivity index (χ3n) is 5.86. The lowest BCUT2D eigenvalue weighted by Gasteiger charge is -2.47. The van der Waals surface area contributed by atoms with Gasteiger partial charge in [-0.2, -0.15) is 0 Å². The summed E-state index contributed by atoms with van der Waals surface area (Å²) in [6, 6.07) is 4.38. The van der Waals surface area contributed by atoms with Crippen LogP contribution in [0.3, 0.4) is 0 Å². The number of fused-ring (bicyclic) bond motifs is 3. The van der Waals surface area contributed by atoms with Gasteiger partial charge in [-0.1, -0.05) is 40.2 Å². The summed E-state index contributed by atoms with van der Waals surface area (Å²) < 4.78 is 0. The molecule has 0 bridgehead atoms. The standard InChI is InChI=1S/C19H28O/c1-12(2)15-10-13-7-8-17-14(16(13)11-18(15)20)6-5-9-19(17,3)4/h10-12,14,17,20H,5-9H2,1-4H3/t14-,17?/m1/s1. The molecule has 20 heavy (non-hydrogen) atoms. The van der Waals surface area contributed by atoms with Crippen molar-refractivity contribution in [3.8, 4) is 5.75 Å². The third-order valence-corrected chi connectivity index (χ3v) is 5.86. The summed E-state index contributed by atoms with van der Waals surface area (Å²) >= 11 is 0. The minimum Gasteiger partial charge on any atom is -0.508 e. The minimum absolute atomic E-state index is 0.404. The molecule has 0 aliphatic heterocycles. The Morgan fingerprint density at radius 1 is 1.20 bits per heavy atom. The van der Waals surface area contributed by atoms with E-state index in [-0.39, 0.29) is 0 Å². The molecule has 2 aliphatic carbocycles. The number of hydrogen-bond acceptors (Lipinski definition) is 1. The summed E-state index contributed by atoms with van der Waals surface area (Å²) in [5.41, 5.74) is 4.55. The highest BCUT2D eigenvalue weighted by Gasteiger charge is 2.42. The number of benzene rings is 1. The molecule has 0 aromatic heterocycles. The Bertz CT molecular complexity index is 513. The molecule has 0 saturated heterocycles. The molecule has 0 heterocycles. The molecule has 2 atom stereocenters. The average Bonchev–Trinajstić information content (AvgIpc) is 2.37. The molecule has 1 heteroatoms. The molecule has 0 spiro atoms. The van der Waals surface area contributed by atoms with Crippen LogP contribution in [-0.4, -0.2) is 5.11 Å². The first-order valence-corrected chi connectivity index (χ1v) is 8.26. The van der Waals surface area contributed by atoms with Crippen molar-refractivity contribution in [1.82, 2.24) is 0 Å². The topological polar surface area (TPSA) is 20.2 Å². The maximum absolute atomic E-state index is 10.4. The highest BCUT2D eigenvalue weighted by molar-refractivity contribution is 5.46. The van der Waals surface area contributed by atoms with Gasteiger partial charge in [0.25, 0.3) is 0 Å². The molecule has 1 aromatic carbocycles. The van der Waals surface area contributed by atoms with Gasteiger partial charge in [0.05, 0.1) is 0 Å². The quantitative estimate of drug-likeness (QED) is 0.728. The van der Waals surface area contributed by atoms with Crippen molar-refractivity contribution in [1.29, 1.82) is 0 Å². The minimum atomic E-state index is 0.404. The van der Waals surface area contributed by atoms with Gasteiger partial charge in [-0.3, -0.25) is 0 Å². The number of hydrogen-bond donors (Lipinski definition) is 1. The second-order valence-corrected chi connectivity index (χ2v) is 7.90. The zero-order chi connectivity index (χ0) is 14.5. The van der Waals surface area contributed by atoms with Gasteiger partial charge >= 0.3 is 0 Å². The zero-order valence-electron chi connectivity index (χ0n) is 13.4. The maximum atomic E-state index is 10.4. The van der Waals surface area contributed by atoms with Gasteiger partial charge in [-0.05, 0) is 71.6 Å². The van der Waals surface area contributed by atoms with Crippen molar-refractivity contribution < 1.29 is 5.11 Å². The number of aryl methyl sites for hydroxylation is 1. The molecule has 1 aromatic rings. The van der Waals surface area contributed by atoms with E-state index in [0.717, 1.165) is 11.5 Å². The van der Waals surface area contributed by atoms with E-state index in [2.05, 4.69) is 39.8 Å². The van der Waals surface area contributed by atoms with Crippen molar-refractivity contribution in [3.05, 3.63) is 28.8 Å². The summed E-state index contributed by atoms with van der Waals surface area (Å²) in [7, 11) is 0.